The Balaban J connectivity index is 1.92. The normalized spacial score (nSPS) is 12.1. The number of carbonyl (C=O) groups excluding carboxylic acids is 1. The number of anilines is 1. The molecule has 1 unspecified atom stereocenters. The fraction of sp³-hybridized carbons (Fsp3) is 0.250. The topological polar surface area (TPSA) is 80.9 Å². The molecule has 0 saturated heterocycles. The van der Waals surface area contributed by atoms with Crippen LogP contribution in [-0.4, -0.2) is 21.4 Å². The Bertz CT molecular complexity index is 544. The highest BCUT2D eigenvalue weighted by Crippen LogP contribution is 2.24. The molecule has 2 rings (SSSR count). The molecule has 100 valence electrons. The molecule has 3 N–H and O–H groups in total. The van der Waals surface area contributed by atoms with Crippen molar-refractivity contribution in [2.24, 2.45) is 5.73 Å². The van der Waals surface area contributed by atoms with E-state index in [1.54, 1.807) is 0 Å². The molecule has 1 amide bonds. The highest BCUT2D eigenvalue weighted by molar-refractivity contribution is 8.00. The first kappa shape index (κ1) is 14.0. The first-order valence-corrected chi connectivity index (χ1v) is 7.43. The Morgan fingerprint density at radius 2 is 2.16 bits per heavy atom. The van der Waals surface area contributed by atoms with Gasteiger partial charge >= 0.3 is 0 Å². The number of thioether (sulfide) groups is 1. The minimum atomic E-state index is -0.201. The molecule has 0 spiro atoms. The Morgan fingerprint density at radius 1 is 1.42 bits per heavy atom. The van der Waals surface area contributed by atoms with Gasteiger partial charge in [0, 0.05) is 11.4 Å². The van der Waals surface area contributed by atoms with Crippen molar-refractivity contribution in [3.63, 3.8) is 0 Å². The van der Waals surface area contributed by atoms with Crippen LogP contribution in [0.5, 0.6) is 0 Å². The predicted molar refractivity (Wildman–Crippen MR) is 78.2 cm³/mol. The molecule has 0 aliphatic rings. The molecule has 0 bridgehead atoms. The number of rotatable bonds is 5. The monoisotopic (exact) mass is 294 g/mol. The predicted octanol–water partition coefficient (Wildman–Crippen LogP) is 2.12. The minimum Gasteiger partial charge on any atom is -0.324 e. The summed E-state index contributed by atoms with van der Waals surface area (Å²) >= 11 is 2.80. The van der Waals surface area contributed by atoms with Gasteiger partial charge in [-0.1, -0.05) is 29.5 Å². The smallest absolute Gasteiger partial charge is 0.239 e. The van der Waals surface area contributed by atoms with Gasteiger partial charge in [-0.3, -0.25) is 10.1 Å². The van der Waals surface area contributed by atoms with Gasteiger partial charge in [0.2, 0.25) is 11.0 Å². The van der Waals surface area contributed by atoms with Crippen LogP contribution in [0.1, 0.15) is 11.9 Å². The van der Waals surface area contributed by atoms with Gasteiger partial charge < -0.3 is 5.73 Å². The number of aromatic nitrogens is 2. The maximum Gasteiger partial charge on any atom is 0.239 e. The molecule has 1 aromatic heterocycles. The van der Waals surface area contributed by atoms with Gasteiger partial charge in [-0.2, -0.15) is 0 Å². The lowest BCUT2D eigenvalue weighted by Crippen LogP contribution is -2.22. The van der Waals surface area contributed by atoms with Crippen molar-refractivity contribution in [3.05, 3.63) is 35.3 Å². The maximum absolute atomic E-state index is 12.0. The summed E-state index contributed by atoms with van der Waals surface area (Å²) in [4.78, 5) is 13.1. The van der Waals surface area contributed by atoms with Crippen LogP contribution in [0, 0.1) is 0 Å². The second-order valence-electron chi connectivity index (χ2n) is 3.77. The molecule has 0 aliphatic carbocycles. The third kappa shape index (κ3) is 4.02. The zero-order valence-corrected chi connectivity index (χ0v) is 12.0. The Hall–Kier alpha value is -1.44. The van der Waals surface area contributed by atoms with E-state index in [0.29, 0.717) is 16.7 Å². The molecule has 0 saturated carbocycles. The van der Waals surface area contributed by atoms with E-state index in [-0.39, 0.29) is 11.2 Å². The van der Waals surface area contributed by atoms with E-state index in [1.807, 2.05) is 37.3 Å². The molecule has 5 nitrogen and oxygen atoms in total. The van der Waals surface area contributed by atoms with Crippen LogP contribution in [0.2, 0.25) is 0 Å². The fourth-order valence-corrected chi connectivity index (χ4v) is 2.86. The third-order valence-electron chi connectivity index (χ3n) is 2.30. The largest absolute Gasteiger partial charge is 0.324 e. The van der Waals surface area contributed by atoms with Gasteiger partial charge in [-0.05, 0) is 19.1 Å². The fourth-order valence-electron chi connectivity index (χ4n) is 1.35. The lowest BCUT2D eigenvalue weighted by molar-refractivity contribution is -0.115. The molecule has 0 radical (unpaired) electrons. The number of nitrogens with two attached hydrogens (primary N) is 1. The molecular formula is C12H14N4OS2. The Kier molecular flexibility index (Phi) is 4.89. The van der Waals surface area contributed by atoms with Crippen LogP contribution < -0.4 is 11.1 Å². The summed E-state index contributed by atoms with van der Waals surface area (Å²) in [5.74, 6) is -0.0893. The van der Waals surface area contributed by atoms with Gasteiger partial charge in [0.05, 0.1) is 5.25 Å². The molecular weight excluding hydrogens is 280 g/mol. The number of carbonyl (C=O) groups is 1. The molecule has 2 aromatic rings. The summed E-state index contributed by atoms with van der Waals surface area (Å²) in [6.45, 7) is 2.19. The molecule has 7 heteroatoms. The summed E-state index contributed by atoms with van der Waals surface area (Å²) in [6.07, 6.45) is 0. The molecule has 0 fully saturated rings. The van der Waals surface area contributed by atoms with E-state index in [9.17, 15) is 4.79 Å². The van der Waals surface area contributed by atoms with Gasteiger partial charge in [-0.15, -0.1) is 22.0 Å². The van der Waals surface area contributed by atoms with Gasteiger partial charge in [0.15, 0.2) is 0 Å². The lowest BCUT2D eigenvalue weighted by atomic mass is 10.4. The number of amides is 1. The summed E-state index contributed by atoms with van der Waals surface area (Å²) < 4.78 is 0. The van der Waals surface area contributed by atoms with Crippen LogP contribution in [0.25, 0.3) is 0 Å². The first-order valence-electron chi connectivity index (χ1n) is 5.74. The zero-order valence-electron chi connectivity index (χ0n) is 10.4. The Morgan fingerprint density at radius 3 is 2.79 bits per heavy atom. The second-order valence-corrected chi connectivity index (χ2v) is 6.24. The van der Waals surface area contributed by atoms with Crippen molar-refractivity contribution in [2.45, 2.75) is 23.6 Å². The van der Waals surface area contributed by atoms with Crippen LogP contribution in [0.3, 0.4) is 0 Å². The third-order valence-corrected chi connectivity index (χ3v) is 4.27. The molecule has 1 atom stereocenters. The van der Waals surface area contributed by atoms with E-state index in [4.69, 9.17) is 5.73 Å². The summed E-state index contributed by atoms with van der Waals surface area (Å²) in [6, 6.07) is 9.80. The maximum atomic E-state index is 12.0. The van der Waals surface area contributed by atoms with E-state index >= 15 is 0 Å². The lowest BCUT2D eigenvalue weighted by Gasteiger charge is -2.09. The highest BCUT2D eigenvalue weighted by atomic mass is 32.2. The summed E-state index contributed by atoms with van der Waals surface area (Å²) in [5, 5.41) is 11.5. The van der Waals surface area contributed by atoms with Gasteiger partial charge in [-0.25, -0.2) is 0 Å². The van der Waals surface area contributed by atoms with Crippen molar-refractivity contribution in [3.8, 4) is 0 Å². The zero-order chi connectivity index (χ0) is 13.7. The van der Waals surface area contributed by atoms with Crippen LogP contribution in [0.4, 0.5) is 5.13 Å². The first-order chi connectivity index (χ1) is 9.19. The van der Waals surface area contributed by atoms with Gasteiger partial charge in [0.25, 0.3) is 0 Å². The summed E-state index contributed by atoms with van der Waals surface area (Å²) in [7, 11) is 0. The van der Waals surface area contributed by atoms with Gasteiger partial charge in [0.1, 0.15) is 5.01 Å². The quantitative estimate of drug-likeness (QED) is 0.826. The van der Waals surface area contributed by atoms with Crippen molar-refractivity contribution in [2.75, 3.05) is 5.32 Å². The van der Waals surface area contributed by atoms with Crippen LogP contribution >= 0.6 is 23.1 Å². The standard InChI is InChI=1S/C12H14N4OS2/c1-8(18-9-5-3-2-4-6-9)11(17)14-12-16-15-10(7-13)19-12/h2-6,8H,7,13H2,1H3,(H,14,16,17). The average Bonchev–Trinajstić information content (AvgIpc) is 2.87. The number of nitrogens with zero attached hydrogens (tertiary/aromatic N) is 2. The molecule has 1 heterocycles. The van der Waals surface area contributed by atoms with Crippen molar-refractivity contribution in [1.29, 1.82) is 0 Å². The minimum absolute atomic E-state index is 0.0893. The van der Waals surface area contributed by atoms with Crippen molar-refractivity contribution < 1.29 is 4.79 Å². The molecule has 0 aliphatic heterocycles. The van der Waals surface area contributed by atoms with Crippen molar-refractivity contribution in [1.82, 2.24) is 10.2 Å². The van der Waals surface area contributed by atoms with E-state index in [0.717, 1.165) is 4.90 Å². The number of nitrogens with one attached hydrogen (secondary N) is 1. The van der Waals surface area contributed by atoms with E-state index in [2.05, 4.69) is 15.5 Å². The van der Waals surface area contributed by atoms with Crippen LogP contribution in [0.15, 0.2) is 35.2 Å². The van der Waals surface area contributed by atoms with E-state index in [1.165, 1.54) is 23.1 Å². The summed E-state index contributed by atoms with van der Waals surface area (Å²) in [5.41, 5.74) is 5.45. The second kappa shape index (κ2) is 6.65. The average molecular weight is 294 g/mol. The highest BCUT2D eigenvalue weighted by Gasteiger charge is 2.16. The SMILES string of the molecule is CC(Sc1ccccc1)C(=O)Nc1nnc(CN)s1. The van der Waals surface area contributed by atoms with Crippen LogP contribution in [-0.2, 0) is 11.3 Å². The molecule has 19 heavy (non-hydrogen) atoms. The number of benzene rings is 1. The van der Waals surface area contributed by atoms with Crippen molar-refractivity contribution >= 4 is 34.1 Å². The number of hydrogen-bond donors (Lipinski definition) is 2. The van der Waals surface area contributed by atoms with E-state index < -0.39 is 0 Å². The number of hydrogen-bond acceptors (Lipinski definition) is 6. The molecule has 1 aromatic carbocycles. The Labute approximate surface area is 119 Å².